The Morgan fingerprint density at radius 1 is 1.28 bits per heavy atom. The van der Waals surface area contributed by atoms with Crippen LogP contribution in [0.4, 0.5) is 10.2 Å². The lowest BCUT2D eigenvalue weighted by atomic mass is 9.95. The summed E-state index contributed by atoms with van der Waals surface area (Å²) in [6, 6.07) is 8.48. The Hall–Kier alpha value is -2.96. The van der Waals surface area contributed by atoms with E-state index in [2.05, 4.69) is 15.0 Å². The first-order chi connectivity index (χ1) is 12.1. The highest BCUT2D eigenvalue weighted by molar-refractivity contribution is 5.94. The molecule has 7 heteroatoms. The largest absolute Gasteiger partial charge is 0.477 e. The third-order valence-electron chi connectivity index (χ3n) is 4.62. The van der Waals surface area contributed by atoms with Crippen LogP contribution in [0.5, 0.6) is 0 Å². The lowest BCUT2D eigenvalue weighted by Crippen LogP contribution is -2.34. The second-order valence-electron chi connectivity index (χ2n) is 6.18. The van der Waals surface area contributed by atoms with Gasteiger partial charge in [0.1, 0.15) is 17.2 Å². The Morgan fingerprint density at radius 3 is 2.96 bits per heavy atom. The summed E-state index contributed by atoms with van der Waals surface area (Å²) in [5.74, 6) is -0.625. The highest BCUT2D eigenvalue weighted by Crippen LogP contribution is 2.34. The van der Waals surface area contributed by atoms with Gasteiger partial charge in [-0.25, -0.2) is 18.7 Å². The van der Waals surface area contributed by atoms with Gasteiger partial charge < -0.3 is 10.0 Å². The van der Waals surface area contributed by atoms with Crippen LogP contribution in [-0.2, 0) is 0 Å². The van der Waals surface area contributed by atoms with Crippen molar-refractivity contribution in [2.24, 2.45) is 0 Å². The average Bonchev–Trinajstić information content (AvgIpc) is 3.05. The summed E-state index contributed by atoms with van der Waals surface area (Å²) in [7, 11) is 0. The minimum absolute atomic E-state index is 0.0237. The number of nitrogens with zero attached hydrogens (tertiary/aromatic N) is 4. The molecule has 4 rings (SSSR count). The third-order valence-corrected chi connectivity index (χ3v) is 4.62. The van der Waals surface area contributed by atoms with Gasteiger partial charge in [-0.2, -0.15) is 5.10 Å². The fourth-order valence-electron chi connectivity index (χ4n) is 3.44. The van der Waals surface area contributed by atoms with Gasteiger partial charge in [0.25, 0.3) is 0 Å². The second-order valence-corrected chi connectivity index (χ2v) is 6.18. The second kappa shape index (κ2) is 6.16. The van der Waals surface area contributed by atoms with E-state index in [1.807, 2.05) is 12.1 Å². The maximum Gasteiger partial charge on any atom is 0.341 e. The Balaban J connectivity index is 1.76. The smallest absolute Gasteiger partial charge is 0.341 e. The normalized spacial score (nSPS) is 17.8. The molecule has 1 aliphatic rings. The fraction of sp³-hybridized carbons (Fsp3) is 0.278. The van der Waals surface area contributed by atoms with E-state index in [1.165, 1.54) is 16.8 Å². The van der Waals surface area contributed by atoms with Crippen LogP contribution < -0.4 is 4.90 Å². The molecule has 1 fully saturated rings. The standard InChI is InChI=1S/C18H17FN4O2/c19-13-5-3-4-12(10-13)15-6-1-2-8-22(15)16-7-9-23-17(21-16)14(11-20-23)18(24)25/h3-5,7,9-11,15H,1-2,6,8H2,(H,24,25). The zero-order chi connectivity index (χ0) is 17.4. The van der Waals surface area contributed by atoms with E-state index in [9.17, 15) is 14.3 Å². The van der Waals surface area contributed by atoms with Gasteiger partial charge in [-0.3, -0.25) is 0 Å². The number of rotatable bonds is 3. The zero-order valence-corrected chi connectivity index (χ0v) is 13.5. The molecule has 0 amide bonds. The summed E-state index contributed by atoms with van der Waals surface area (Å²) in [6.07, 6.45) is 5.99. The van der Waals surface area contributed by atoms with Crippen molar-refractivity contribution >= 4 is 17.4 Å². The first kappa shape index (κ1) is 15.6. The Labute approximate surface area is 143 Å². The van der Waals surface area contributed by atoms with Crippen molar-refractivity contribution in [3.63, 3.8) is 0 Å². The molecule has 0 bridgehead atoms. The summed E-state index contributed by atoms with van der Waals surface area (Å²) >= 11 is 0. The predicted molar refractivity (Wildman–Crippen MR) is 90.3 cm³/mol. The van der Waals surface area contributed by atoms with Gasteiger partial charge in [0.2, 0.25) is 0 Å². The van der Waals surface area contributed by atoms with Crippen LogP contribution in [0.2, 0.25) is 0 Å². The molecule has 1 N–H and O–H groups in total. The monoisotopic (exact) mass is 340 g/mol. The van der Waals surface area contributed by atoms with Gasteiger partial charge in [0.15, 0.2) is 5.65 Å². The van der Waals surface area contributed by atoms with Crippen LogP contribution in [0.15, 0.2) is 42.7 Å². The molecule has 1 atom stereocenters. The average molecular weight is 340 g/mol. The number of carbonyl (C=O) groups is 1. The molecule has 0 spiro atoms. The van der Waals surface area contributed by atoms with Gasteiger partial charge in [-0.15, -0.1) is 0 Å². The van der Waals surface area contributed by atoms with E-state index >= 15 is 0 Å². The molecule has 25 heavy (non-hydrogen) atoms. The van der Waals surface area contributed by atoms with E-state index in [4.69, 9.17) is 0 Å². The molecule has 0 radical (unpaired) electrons. The number of benzene rings is 1. The summed E-state index contributed by atoms with van der Waals surface area (Å²) < 4.78 is 15.1. The Kier molecular flexibility index (Phi) is 3.83. The quantitative estimate of drug-likeness (QED) is 0.792. The van der Waals surface area contributed by atoms with Crippen molar-refractivity contribution in [1.29, 1.82) is 0 Å². The van der Waals surface area contributed by atoms with Crippen molar-refractivity contribution in [1.82, 2.24) is 14.6 Å². The van der Waals surface area contributed by atoms with Crippen LogP contribution in [0, 0.1) is 5.82 Å². The van der Waals surface area contributed by atoms with E-state index < -0.39 is 5.97 Å². The number of piperidine rings is 1. The molecule has 3 heterocycles. The molecule has 2 aromatic heterocycles. The first-order valence-electron chi connectivity index (χ1n) is 8.23. The molecular weight excluding hydrogens is 323 g/mol. The number of carboxylic acids is 1. The van der Waals surface area contributed by atoms with Crippen LogP contribution in [0.25, 0.3) is 5.65 Å². The molecule has 128 valence electrons. The fourth-order valence-corrected chi connectivity index (χ4v) is 3.44. The minimum Gasteiger partial charge on any atom is -0.477 e. The molecule has 6 nitrogen and oxygen atoms in total. The van der Waals surface area contributed by atoms with Gasteiger partial charge in [0.05, 0.1) is 12.2 Å². The van der Waals surface area contributed by atoms with Gasteiger partial charge in [-0.05, 0) is 43.0 Å². The number of aromatic carboxylic acids is 1. The summed E-state index contributed by atoms with van der Waals surface area (Å²) in [5, 5.41) is 13.3. The highest BCUT2D eigenvalue weighted by Gasteiger charge is 2.26. The number of fused-ring (bicyclic) bond motifs is 1. The SMILES string of the molecule is O=C(O)c1cnn2ccc(N3CCCCC3c3cccc(F)c3)nc12. The molecule has 1 saturated heterocycles. The number of hydrogen-bond donors (Lipinski definition) is 1. The van der Waals surface area contributed by atoms with Crippen molar-refractivity contribution in [2.75, 3.05) is 11.4 Å². The maximum atomic E-state index is 13.6. The van der Waals surface area contributed by atoms with Gasteiger partial charge in [0, 0.05) is 12.7 Å². The zero-order valence-electron chi connectivity index (χ0n) is 13.5. The van der Waals surface area contributed by atoms with Crippen molar-refractivity contribution < 1.29 is 14.3 Å². The summed E-state index contributed by atoms with van der Waals surface area (Å²) in [5.41, 5.74) is 1.29. The number of carboxylic acid groups (broad SMARTS) is 1. The summed E-state index contributed by atoms with van der Waals surface area (Å²) in [6.45, 7) is 0.793. The van der Waals surface area contributed by atoms with Crippen molar-refractivity contribution in [3.8, 4) is 0 Å². The molecular formula is C18H17FN4O2. The number of aromatic nitrogens is 3. The van der Waals surface area contributed by atoms with Crippen LogP contribution in [-0.4, -0.2) is 32.2 Å². The van der Waals surface area contributed by atoms with E-state index in [0.29, 0.717) is 11.5 Å². The Morgan fingerprint density at radius 2 is 2.16 bits per heavy atom. The summed E-state index contributed by atoms with van der Waals surface area (Å²) in [4.78, 5) is 18.0. The number of halogens is 1. The van der Waals surface area contributed by atoms with Crippen molar-refractivity contribution in [3.05, 3.63) is 59.7 Å². The lowest BCUT2D eigenvalue weighted by Gasteiger charge is -2.37. The molecule has 0 aliphatic carbocycles. The van der Waals surface area contributed by atoms with Gasteiger partial charge in [-0.1, -0.05) is 12.1 Å². The Bertz CT molecular complexity index is 940. The third kappa shape index (κ3) is 2.82. The number of hydrogen-bond acceptors (Lipinski definition) is 4. The maximum absolute atomic E-state index is 13.6. The predicted octanol–water partition coefficient (Wildman–Crippen LogP) is 3.30. The molecule has 3 aromatic rings. The van der Waals surface area contributed by atoms with E-state index in [-0.39, 0.29) is 17.4 Å². The van der Waals surface area contributed by atoms with E-state index in [1.54, 1.807) is 18.3 Å². The molecule has 1 unspecified atom stereocenters. The van der Waals surface area contributed by atoms with Crippen molar-refractivity contribution in [2.45, 2.75) is 25.3 Å². The topological polar surface area (TPSA) is 70.7 Å². The van der Waals surface area contributed by atoms with Crippen LogP contribution >= 0.6 is 0 Å². The highest BCUT2D eigenvalue weighted by atomic mass is 19.1. The van der Waals surface area contributed by atoms with Gasteiger partial charge >= 0.3 is 5.97 Å². The van der Waals surface area contributed by atoms with Crippen LogP contribution in [0.3, 0.4) is 0 Å². The van der Waals surface area contributed by atoms with E-state index in [0.717, 1.165) is 31.4 Å². The lowest BCUT2D eigenvalue weighted by molar-refractivity contribution is 0.0698. The molecule has 0 saturated carbocycles. The molecule has 1 aliphatic heterocycles. The minimum atomic E-state index is -1.06. The number of anilines is 1. The first-order valence-corrected chi connectivity index (χ1v) is 8.23. The van der Waals surface area contributed by atoms with Crippen LogP contribution in [0.1, 0.15) is 41.2 Å². The molecule has 1 aromatic carbocycles.